The molecule has 2 heterocycles. The highest BCUT2D eigenvalue weighted by Gasteiger charge is 2.36. The lowest BCUT2D eigenvalue weighted by molar-refractivity contribution is -0.117. The fraction of sp³-hybridized carbons (Fsp3) is 0.545. The Hall–Kier alpha value is -3.55. The van der Waals surface area contributed by atoms with Gasteiger partial charge in [0.25, 0.3) is 5.91 Å². The normalized spacial score (nSPS) is 19.9. The zero-order valence-corrected chi connectivity index (χ0v) is 24.7. The summed E-state index contributed by atoms with van der Waals surface area (Å²) in [5, 5.41) is 3.07. The van der Waals surface area contributed by atoms with Crippen LogP contribution in [0.5, 0.6) is 0 Å². The van der Waals surface area contributed by atoms with Crippen molar-refractivity contribution in [1.82, 2.24) is 9.80 Å². The molecule has 5 rings (SSSR count). The van der Waals surface area contributed by atoms with Crippen LogP contribution in [0.4, 0.5) is 16.2 Å². The smallest absolute Gasteiger partial charge is 0.410 e. The number of hydrogen-bond acceptors (Lipinski definition) is 5. The molecule has 1 saturated carbocycles. The number of hydrogen-bond donors (Lipinski definition) is 1. The lowest BCUT2D eigenvalue weighted by Crippen LogP contribution is -2.58. The van der Waals surface area contributed by atoms with Gasteiger partial charge in [-0.2, -0.15) is 0 Å². The molecule has 2 aromatic carbocycles. The van der Waals surface area contributed by atoms with E-state index in [9.17, 15) is 14.4 Å². The Bertz CT molecular complexity index is 1230. The molecular formula is C33H44N4O4. The molecule has 3 aliphatic rings. The summed E-state index contributed by atoms with van der Waals surface area (Å²) < 4.78 is 5.67. The van der Waals surface area contributed by atoms with Gasteiger partial charge in [0.15, 0.2) is 0 Å². The van der Waals surface area contributed by atoms with Crippen LogP contribution in [0, 0.1) is 5.92 Å². The highest BCUT2D eigenvalue weighted by Crippen LogP contribution is 2.33. The van der Waals surface area contributed by atoms with E-state index in [4.69, 9.17) is 4.74 Å². The van der Waals surface area contributed by atoms with Crippen LogP contribution in [0.1, 0.15) is 75.2 Å². The average Bonchev–Trinajstić information content (AvgIpc) is 3.80. The summed E-state index contributed by atoms with van der Waals surface area (Å²) in [7, 11) is 0. The van der Waals surface area contributed by atoms with Crippen molar-refractivity contribution in [2.24, 2.45) is 5.92 Å². The van der Waals surface area contributed by atoms with Gasteiger partial charge in [-0.25, -0.2) is 4.79 Å². The number of rotatable bonds is 6. The molecule has 0 radical (unpaired) electrons. The summed E-state index contributed by atoms with van der Waals surface area (Å²) in [6, 6.07) is 15.6. The molecule has 1 N–H and O–H groups in total. The molecule has 8 heteroatoms. The van der Waals surface area contributed by atoms with Crippen molar-refractivity contribution in [3.05, 3.63) is 59.7 Å². The number of nitrogens with one attached hydrogen (secondary N) is 1. The lowest BCUT2D eigenvalue weighted by Gasteiger charge is -2.42. The Morgan fingerprint density at radius 3 is 2.27 bits per heavy atom. The van der Waals surface area contributed by atoms with E-state index < -0.39 is 5.60 Å². The number of amides is 3. The molecule has 2 saturated heterocycles. The fourth-order valence-corrected chi connectivity index (χ4v) is 5.78. The molecule has 41 heavy (non-hydrogen) atoms. The summed E-state index contributed by atoms with van der Waals surface area (Å²) >= 11 is 0. The molecule has 2 aliphatic heterocycles. The molecular weight excluding hydrogens is 516 g/mol. The van der Waals surface area contributed by atoms with Gasteiger partial charge in [0, 0.05) is 44.3 Å². The summed E-state index contributed by atoms with van der Waals surface area (Å²) in [6.45, 7) is 8.63. The molecule has 3 fully saturated rings. The van der Waals surface area contributed by atoms with Crippen LogP contribution < -0.4 is 10.2 Å². The van der Waals surface area contributed by atoms with Gasteiger partial charge < -0.3 is 24.8 Å². The first-order valence-corrected chi connectivity index (χ1v) is 15.2. The predicted molar refractivity (Wildman–Crippen MR) is 161 cm³/mol. The molecule has 2 aromatic rings. The van der Waals surface area contributed by atoms with Gasteiger partial charge in [0.1, 0.15) is 5.60 Å². The van der Waals surface area contributed by atoms with Gasteiger partial charge in [-0.15, -0.1) is 0 Å². The number of anilines is 2. The third-order valence-corrected chi connectivity index (χ3v) is 8.10. The third kappa shape index (κ3) is 7.60. The van der Waals surface area contributed by atoms with E-state index >= 15 is 0 Å². The Kier molecular flexibility index (Phi) is 8.85. The summed E-state index contributed by atoms with van der Waals surface area (Å²) in [5.41, 5.74) is 2.82. The minimum atomic E-state index is -0.586. The Balaban J connectivity index is 1.43. The van der Waals surface area contributed by atoms with Gasteiger partial charge in [0.2, 0.25) is 5.91 Å². The van der Waals surface area contributed by atoms with Gasteiger partial charge in [-0.1, -0.05) is 43.2 Å². The topological polar surface area (TPSA) is 82.2 Å². The summed E-state index contributed by atoms with van der Waals surface area (Å²) in [5.74, 6) is 0.138. The maximum absolute atomic E-state index is 14.4. The van der Waals surface area contributed by atoms with Crippen molar-refractivity contribution in [3.63, 3.8) is 0 Å². The number of nitrogens with zero attached hydrogens (tertiary/aromatic N) is 3. The van der Waals surface area contributed by atoms with E-state index in [0.29, 0.717) is 31.6 Å². The molecule has 220 valence electrons. The average molecular weight is 561 g/mol. The molecule has 0 spiro atoms. The monoisotopic (exact) mass is 560 g/mol. The molecule has 3 amide bonds. The first-order valence-electron chi connectivity index (χ1n) is 15.2. The standard InChI is InChI=1S/C33H44N4O4/c1-33(2,3)41-32(40)36-19-20-37(27(23-36)21-24-11-7-6-8-12-24)31(39)28-16-15-26(34-30(38)25-13-14-25)22-29(28)35-17-9-4-5-10-18-35/h6-8,11-12,15-16,22,25,27H,4-5,9-10,13-14,17-21,23H2,1-3H3,(H,34,38). The molecule has 1 atom stereocenters. The third-order valence-electron chi connectivity index (χ3n) is 8.10. The van der Waals surface area contributed by atoms with Crippen LogP contribution in [-0.4, -0.2) is 72.1 Å². The van der Waals surface area contributed by atoms with Crippen LogP contribution in [-0.2, 0) is 16.0 Å². The highest BCUT2D eigenvalue weighted by atomic mass is 16.6. The second-order valence-corrected chi connectivity index (χ2v) is 12.7. The van der Waals surface area contributed by atoms with Crippen LogP contribution in [0.2, 0.25) is 0 Å². The van der Waals surface area contributed by atoms with Crippen molar-refractivity contribution in [3.8, 4) is 0 Å². The number of piperazine rings is 1. The maximum atomic E-state index is 14.4. The SMILES string of the molecule is CC(C)(C)OC(=O)N1CCN(C(=O)c2ccc(NC(=O)C3CC3)cc2N2CCCCCC2)C(Cc2ccccc2)C1. The van der Waals surface area contributed by atoms with Crippen molar-refractivity contribution >= 4 is 29.3 Å². The quantitative estimate of drug-likeness (QED) is 0.489. The second kappa shape index (κ2) is 12.5. The van der Waals surface area contributed by atoms with E-state index in [1.165, 1.54) is 12.8 Å². The fourth-order valence-electron chi connectivity index (χ4n) is 5.78. The van der Waals surface area contributed by atoms with Gasteiger partial charge in [-0.3, -0.25) is 9.59 Å². The van der Waals surface area contributed by atoms with E-state index in [0.717, 1.165) is 55.7 Å². The van der Waals surface area contributed by atoms with Crippen molar-refractivity contribution < 1.29 is 19.1 Å². The van der Waals surface area contributed by atoms with Gasteiger partial charge in [0.05, 0.1) is 17.3 Å². The van der Waals surface area contributed by atoms with Crippen LogP contribution >= 0.6 is 0 Å². The van der Waals surface area contributed by atoms with Crippen molar-refractivity contribution in [1.29, 1.82) is 0 Å². The molecule has 1 unspecified atom stereocenters. The number of carbonyl (C=O) groups excluding carboxylic acids is 3. The predicted octanol–water partition coefficient (Wildman–Crippen LogP) is 5.72. The van der Waals surface area contributed by atoms with E-state index in [-0.39, 0.29) is 29.9 Å². The Morgan fingerprint density at radius 1 is 0.902 bits per heavy atom. The molecule has 8 nitrogen and oxygen atoms in total. The molecule has 0 aromatic heterocycles. The maximum Gasteiger partial charge on any atom is 0.410 e. The zero-order valence-electron chi connectivity index (χ0n) is 24.7. The van der Waals surface area contributed by atoms with Crippen molar-refractivity contribution in [2.45, 2.75) is 77.4 Å². The van der Waals surface area contributed by atoms with E-state index in [2.05, 4.69) is 22.3 Å². The number of ether oxygens (including phenoxy) is 1. The minimum Gasteiger partial charge on any atom is -0.444 e. The zero-order chi connectivity index (χ0) is 29.0. The second-order valence-electron chi connectivity index (χ2n) is 12.7. The first kappa shape index (κ1) is 29.0. The van der Waals surface area contributed by atoms with Crippen LogP contribution in [0.3, 0.4) is 0 Å². The van der Waals surface area contributed by atoms with E-state index in [1.54, 1.807) is 4.90 Å². The first-order chi connectivity index (χ1) is 19.7. The van der Waals surface area contributed by atoms with Crippen molar-refractivity contribution in [2.75, 3.05) is 42.9 Å². The van der Waals surface area contributed by atoms with Gasteiger partial charge in [-0.05, 0) is 76.6 Å². The summed E-state index contributed by atoms with van der Waals surface area (Å²) in [6.07, 6.45) is 6.71. The largest absolute Gasteiger partial charge is 0.444 e. The van der Waals surface area contributed by atoms with Crippen LogP contribution in [0.15, 0.2) is 48.5 Å². The lowest BCUT2D eigenvalue weighted by atomic mass is 10.00. The number of benzene rings is 2. The Labute approximate surface area is 244 Å². The summed E-state index contributed by atoms with van der Waals surface area (Å²) in [4.78, 5) is 45.9. The highest BCUT2D eigenvalue weighted by molar-refractivity contribution is 6.02. The number of carbonyl (C=O) groups is 3. The minimum absolute atomic E-state index is 0.0333. The molecule has 1 aliphatic carbocycles. The van der Waals surface area contributed by atoms with Gasteiger partial charge >= 0.3 is 6.09 Å². The Morgan fingerprint density at radius 2 is 1.61 bits per heavy atom. The molecule has 0 bridgehead atoms. The van der Waals surface area contributed by atoms with Crippen LogP contribution in [0.25, 0.3) is 0 Å². The van der Waals surface area contributed by atoms with E-state index in [1.807, 2.05) is 62.1 Å².